The van der Waals surface area contributed by atoms with Gasteiger partial charge in [0.2, 0.25) is 0 Å². The molecule has 0 aliphatic heterocycles. The number of halogens is 1. The van der Waals surface area contributed by atoms with Gasteiger partial charge in [0.1, 0.15) is 0 Å². The first-order valence-electron chi connectivity index (χ1n) is 7.44. The molecule has 0 bridgehead atoms. The van der Waals surface area contributed by atoms with Gasteiger partial charge in [-0.05, 0) is 48.4 Å². The van der Waals surface area contributed by atoms with Crippen LogP contribution >= 0.6 is 15.9 Å². The Hall–Kier alpha value is -0.340. The third-order valence-electron chi connectivity index (χ3n) is 3.97. The zero-order valence-electron chi connectivity index (χ0n) is 12.9. The van der Waals surface area contributed by atoms with E-state index < -0.39 is 0 Å². The molecule has 1 nitrogen and oxygen atoms in total. The van der Waals surface area contributed by atoms with E-state index in [2.05, 4.69) is 80.1 Å². The number of benzene rings is 1. The summed E-state index contributed by atoms with van der Waals surface area (Å²) in [7, 11) is 0. The molecular formula is C17H28BrN. The van der Waals surface area contributed by atoms with Crippen molar-refractivity contribution in [3.63, 3.8) is 0 Å². The van der Waals surface area contributed by atoms with E-state index in [4.69, 9.17) is 0 Å². The van der Waals surface area contributed by atoms with E-state index in [1.54, 1.807) is 0 Å². The summed E-state index contributed by atoms with van der Waals surface area (Å²) in [6.07, 6.45) is 1.12. The van der Waals surface area contributed by atoms with Crippen LogP contribution in [0.5, 0.6) is 0 Å². The fourth-order valence-electron chi connectivity index (χ4n) is 2.74. The average Bonchev–Trinajstić information content (AvgIpc) is 2.33. The van der Waals surface area contributed by atoms with Crippen LogP contribution in [-0.4, -0.2) is 6.54 Å². The Kier molecular flexibility index (Phi) is 7.09. The fourth-order valence-corrected chi connectivity index (χ4v) is 3.16. The lowest BCUT2D eigenvalue weighted by molar-refractivity contribution is 0.264. The summed E-state index contributed by atoms with van der Waals surface area (Å²) in [5.41, 5.74) is 1.38. The van der Waals surface area contributed by atoms with Gasteiger partial charge < -0.3 is 5.32 Å². The summed E-state index contributed by atoms with van der Waals surface area (Å²) < 4.78 is 1.16. The van der Waals surface area contributed by atoms with Crippen LogP contribution < -0.4 is 5.32 Å². The molecule has 0 fully saturated rings. The first-order chi connectivity index (χ1) is 8.95. The average molecular weight is 326 g/mol. The normalized spacial score (nSPS) is 13.5. The minimum Gasteiger partial charge on any atom is -0.310 e. The quantitative estimate of drug-likeness (QED) is 0.705. The maximum atomic E-state index is 3.75. The number of nitrogens with one attached hydrogen (secondary N) is 1. The second-order valence-electron chi connectivity index (χ2n) is 6.08. The van der Waals surface area contributed by atoms with Gasteiger partial charge >= 0.3 is 0 Å². The van der Waals surface area contributed by atoms with Crippen LogP contribution in [0.1, 0.15) is 52.6 Å². The lowest BCUT2D eigenvalue weighted by Gasteiger charge is -2.28. The first-order valence-corrected chi connectivity index (χ1v) is 8.23. The molecule has 108 valence electrons. The van der Waals surface area contributed by atoms with E-state index in [0.717, 1.165) is 35.2 Å². The molecule has 1 rings (SSSR count). The highest BCUT2D eigenvalue weighted by Crippen LogP contribution is 2.24. The Bertz CT molecular complexity index is 365. The van der Waals surface area contributed by atoms with Gasteiger partial charge in [-0.1, -0.05) is 62.7 Å². The van der Waals surface area contributed by atoms with Gasteiger partial charge in [0, 0.05) is 10.5 Å². The van der Waals surface area contributed by atoms with Gasteiger partial charge in [0.25, 0.3) is 0 Å². The number of hydrogen-bond acceptors (Lipinski definition) is 1. The minimum absolute atomic E-state index is 0.456. The Balaban J connectivity index is 2.67. The lowest BCUT2D eigenvalue weighted by Crippen LogP contribution is -2.32. The van der Waals surface area contributed by atoms with Crippen LogP contribution in [0.25, 0.3) is 0 Å². The summed E-state index contributed by atoms with van der Waals surface area (Å²) in [6, 6.07) is 9.09. The number of hydrogen-bond donors (Lipinski definition) is 1. The zero-order valence-corrected chi connectivity index (χ0v) is 14.5. The predicted octanol–water partition coefficient (Wildman–Crippen LogP) is 5.42. The molecule has 0 saturated carbocycles. The predicted molar refractivity (Wildman–Crippen MR) is 88.3 cm³/mol. The first kappa shape index (κ1) is 16.7. The van der Waals surface area contributed by atoms with E-state index in [-0.39, 0.29) is 0 Å². The standard InChI is InChI=1S/C17H28BrN/c1-6-17(14-8-7-9-15(18)10-14)19-11-16(12(2)3)13(4)5/h7-10,12-13,16-17,19H,6,11H2,1-5H3. The SMILES string of the molecule is CCC(NCC(C(C)C)C(C)C)c1cccc(Br)c1. The molecule has 0 aliphatic carbocycles. The van der Waals surface area contributed by atoms with Gasteiger partial charge in [0.05, 0.1) is 0 Å². The minimum atomic E-state index is 0.456. The molecule has 19 heavy (non-hydrogen) atoms. The van der Waals surface area contributed by atoms with Gasteiger partial charge in [-0.25, -0.2) is 0 Å². The topological polar surface area (TPSA) is 12.0 Å². The van der Waals surface area contributed by atoms with Crippen LogP contribution in [0, 0.1) is 17.8 Å². The van der Waals surface area contributed by atoms with Crippen LogP contribution in [0.3, 0.4) is 0 Å². The monoisotopic (exact) mass is 325 g/mol. The number of rotatable bonds is 7. The van der Waals surface area contributed by atoms with E-state index >= 15 is 0 Å². The molecule has 0 aromatic heterocycles. The largest absolute Gasteiger partial charge is 0.310 e. The van der Waals surface area contributed by atoms with Gasteiger partial charge in [-0.15, -0.1) is 0 Å². The van der Waals surface area contributed by atoms with Crippen molar-refractivity contribution in [2.24, 2.45) is 17.8 Å². The molecule has 1 atom stereocenters. The Morgan fingerprint density at radius 2 is 1.74 bits per heavy atom. The molecule has 0 radical (unpaired) electrons. The molecule has 1 unspecified atom stereocenters. The highest BCUT2D eigenvalue weighted by Gasteiger charge is 2.19. The highest BCUT2D eigenvalue weighted by atomic mass is 79.9. The molecular weight excluding hydrogens is 298 g/mol. The van der Waals surface area contributed by atoms with Gasteiger partial charge in [0.15, 0.2) is 0 Å². The Morgan fingerprint density at radius 3 is 2.21 bits per heavy atom. The summed E-state index contributed by atoms with van der Waals surface area (Å²) in [4.78, 5) is 0. The van der Waals surface area contributed by atoms with Gasteiger partial charge in [-0.3, -0.25) is 0 Å². The van der Waals surface area contributed by atoms with Crippen molar-refractivity contribution in [1.29, 1.82) is 0 Å². The molecule has 0 saturated heterocycles. The third-order valence-corrected chi connectivity index (χ3v) is 4.47. The van der Waals surface area contributed by atoms with Crippen LogP contribution in [-0.2, 0) is 0 Å². The van der Waals surface area contributed by atoms with E-state index in [9.17, 15) is 0 Å². The van der Waals surface area contributed by atoms with Crippen molar-refractivity contribution in [2.45, 2.75) is 47.1 Å². The fraction of sp³-hybridized carbons (Fsp3) is 0.647. The molecule has 0 heterocycles. The van der Waals surface area contributed by atoms with E-state index in [0.29, 0.717) is 6.04 Å². The van der Waals surface area contributed by atoms with Crippen molar-refractivity contribution in [3.05, 3.63) is 34.3 Å². The molecule has 0 amide bonds. The Labute approximate surface area is 127 Å². The third kappa shape index (κ3) is 5.27. The summed E-state index contributed by atoms with van der Waals surface area (Å²) in [5, 5.41) is 3.75. The summed E-state index contributed by atoms with van der Waals surface area (Å²) >= 11 is 3.56. The van der Waals surface area contributed by atoms with Crippen LogP contribution in [0.15, 0.2) is 28.7 Å². The summed E-state index contributed by atoms with van der Waals surface area (Å²) in [6.45, 7) is 12.6. The Morgan fingerprint density at radius 1 is 1.11 bits per heavy atom. The van der Waals surface area contributed by atoms with Crippen molar-refractivity contribution in [2.75, 3.05) is 6.54 Å². The van der Waals surface area contributed by atoms with Crippen LogP contribution in [0.4, 0.5) is 0 Å². The molecule has 2 heteroatoms. The molecule has 0 aliphatic rings. The lowest BCUT2D eigenvalue weighted by atomic mass is 9.85. The second-order valence-corrected chi connectivity index (χ2v) is 6.99. The van der Waals surface area contributed by atoms with E-state index in [1.165, 1.54) is 5.56 Å². The molecule has 0 spiro atoms. The van der Waals surface area contributed by atoms with Crippen molar-refractivity contribution in [1.82, 2.24) is 5.32 Å². The molecule has 1 aromatic carbocycles. The maximum absolute atomic E-state index is 3.75. The van der Waals surface area contributed by atoms with Crippen molar-refractivity contribution in [3.8, 4) is 0 Å². The maximum Gasteiger partial charge on any atom is 0.0318 e. The summed E-state index contributed by atoms with van der Waals surface area (Å²) in [5.74, 6) is 2.20. The zero-order chi connectivity index (χ0) is 14.4. The molecule has 1 aromatic rings. The van der Waals surface area contributed by atoms with Gasteiger partial charge in [-0.2, -0.15) is 0 Å². The van der Waals surface area contributed by atoms with E-state index in [1.807, 2.05) is 0 Å². The second kappa shape index (κ2) is 8.06. The van der Waals surface area contributed by atoms with Crippen LogP contribution in [0.2, 0.25) is 0 Å². The highest BCUT2D eigenvalue weighted by molar-refractivity contribution is 9.10. The van der Waals surface area contributed by atoms with Crippen molar-refractivity contribution >= 4 is 15.9 Å². The smallest absolute Gasteiger partial charge is 0.0318 e. The van der Waals surface area contributed by atoms with Crippen molar-refractivity contribution < 1.29 is 0 Å². The molecule has 1 N–H and O–H groups in total.